The van der Waals surface area contributed by atoms with Gasteiger partial charge >= 0.3 is 5.97 Å². The number of phenolic OH excluding ortho intramolecular Hbond substituents is 2. The monoisotopic (exact) mass is 510 g/mol. The summed E-state index contributed by atoms with van der Waals surface area (Å²) in [6.45, 7) is 26.6. The van der Waals surface area contributed by atoms with Crippen molar-refractivity contribution in [2.75, 3.05) is 0 Å². The van der Waals surface area contributed by atoms with Crippen LogP contribution in [0.3, 0.4) is 0 Å². The second kappa shape index (κ2) is 9.67. The molecule has 2 aromatic rings. The number of rotatable bonds is 5. The molecule has 0 aliphatic carbocycles. The van der Waals surface area contributed by atoms with Crippen LogP contribution in [0.15, 0.2) is 24.3 Å². The SMILES string of the molecule is CC(C)(C)Cc1cc(C(C)(C(=O)O)c2cc(CC(C)(C)C)c(O)c(C(C)(C)C)c2)cc(C(C)(C)C)c1O. The molecular weight excluding hydrogens is 460 g/mol. The predicted molar refractivity (Wildman–Crippen MR) is 154 cm³/mol. The van der Waals surface area contributed by atoms with E-state index in [-0.39, 0.29) is 33.2 Å². The molecule has 3 N–H and O–H groups in total. The van der Waals surface area contributed by atoms with Gasteiger partial charge in [0.25, 0.3) is 0 Å². The fraction of sp³-hybridized carbons (Fsp3) is 0.606. The van der Waals surface area contributed by atoms with Crippen molar-refractivity contribution in [2.24, 2.45) is 10.8 Å². The van der Waals surface area contributed by atoms with Gasteiger partial charge in [-0.2, -0.15) is 0 Å². The maximum absolute atomic E-state index is 13.2. The van der Waals surface area contributed by atoms with Crippen molar-refractivity contribution in [1.29, 1.82) is 0 Å². The van der Waals surface area contributed by atoms with Crippen LogP contribution in [0.2, 0.25) is 0 Å². The Kier molecular flexibility index (Phi) is 8.03. The quantitative estimate of drug-likeness (QED) is 0.378. The zero-order chi connectivity index (χ0) is 28.9. The Balaban J connectivity index is 3.02. The summed E-state index contributed by atoms with van der Waals surface area (Å²) in [7, 11) is 0. The van der Waals surface area contributed by atoms with E-state index < -0.39 is 11.4 Å². The van der Waals surface area contributed by atoms with Crippen molar-refractivity contribution in [3.05, 3.63) is 57.6 Å². The van der Waals surface area contributed by atoms with E-state index in [0.717, 1.165) is 22.3 Å². The molecule has 2 rings (SSSR count). The van der Waals surface area contributed by atoms with Gasteiger partial charge in [0.05, 0.1) is 0 Å². The molecule has 0 fully saturated rings. The number of carboxylic acids is 1. The second-order valence-corrected chi connectivity index (χ2v) is 15.5. The average molecular weight is 511 g/mol. The maximum atomic E-state index is 13.2. The first kappa shape index (κ1) is 30.7. The van der Waals surface area contributed by atoms with Gasteiger partial charge in [0.2, 0.25) is 0 Å². The van der Waals surface area contributed by atoms with Crippen LogP contribution in [0, 0.1) is 10.8 Å². The molecular formula is C33H50O4. The third kappa shape index (κ3) is 6.89. The lowest BCUT2D eigenvalue weighted by molar-refractivity contribution is -0.141. The minimum atomic E-state index is -1.39. The van der Waals surface area contributed by atoms with E-state index in [1.54, 1.807) is 6.92 Å². The minimum absolute atomic E-state index is 0.0945. The molecule has 0 unspecified atom stereocenters. The van der Waals surface area contributed by atoms with Gasteiger partial charge in [0, 0.05) is 0 Å². The number of hydrogen-bond acceptors (Lipinski definition) is 3. The summed E-state index contributed by atoms with van der Waals surface area (Å²) in [6.07, 6.45) is 1.23. The summed E-state index contributed by atoms with van der Waals surface area (Å²) in [5.74, 6) is -0.478. The molecule has 0 aromatic heterocycles. The molecule has 0 amide bonds. The Morgan fingerprint density at radius 2 is 0.892 bits per heavy atom. The molecule has 0 radical (unpaired) electrons. The van der Waals surface area contributed by atoms with Crippen LogP contribution in [0.25, 0.3) is 0 Å². The average Bonchev–Trinajstić information content (AvgIpc) is 2.66. The van der Waals surface area contributed by atoms with Gasteiger partial charge in [0.1, 0.15) is 16.9 Å². The lowest BCUT2D eigenvalue weighted by Gasteiger charge is -2.33. The molecule has 2 aromatic carbocycles. The molecule has 0 spiro atoms. The normalized spacial score (nSPS) is 13.6. The van der Waals surface area contributed by atoms with E-state index in [9.17, 15) is 20.1 Å². The Morgan fingerprint density at radius 1 is 0.595 bits per heavy atom. The van der Waals surface area contributed by atoms with E-state index in [1.807, 2.05) is 65.8 Å². The van der Waals surface area contributed by atoms with Crippen LogP contribution < -0.4 is 0 Å². The predicted octanol–water partition coefficient (Wildman–Crippen LogP) is 8.26. The molecule has 4 nitrogen and oxygen atoms in total. The number of carbonyl (C=O) groups is 1. The van der Waals surface area contributed by atoms with E-state index >= 15 is 0 Å². The zero-order valence-electron chi connectivity index (χ0n) is 25.5. The molecule has 0 saturated heterocycles. The third-order valence-electron chi connectivity index (χ3n) is 7.02. The van der Waals surface area contributed by atoms with Crippen LogP contribution in [0.4, 0.5) is 0 Å². The number of aromatic hydroxyl groups is 2. The number of phenols is 2. The Bertz CT molecular complexity index is 1080. The molecule has 0 heterocycles. The lowest BCUT2D eigenvalue weighted by Crippen LogP contribution is -2.35. The first-order valence-corrected chi connectivity index (χ1v) is 13.3. The van der Waals surface area contributed by atoms with Gasteiger partial charge in [-0.3, -0.25) is 4.79 Å². The van der Waals surface area contributed by atoms with Gasteiger partial charge in [0.15, 0.2) is 0 Å². The topological polar surface area (TPSA) is 77.8 Å². The first-order valence-electron chi connectivity index (χ1n) is 13.3. The third-order valence-corrected chi connectivity index (χ3v) is 7.02. The largest absolute Gasteiger partial charge is 0.507 e. The fourth-order valence-electron chi connectivity index (χ4n) is 4.94. The summed E-state index contributed by atoms with van der Waals surface area (Å²) in [5, 5.41) is 33.3. The van der Waals surface area contributed by atoms with Crippen molar-refractivity contribution in [3.63, 3.8) is 0 Å². The Hall–Kier alpha value is -2.49. The molecule has 0 bridgehead atoms. The van der Waals surface area contributed by atoms with Gasteiger partial charge in [-0.05, 0) is 74.8 Å². The van der Waals surface area contributed by atoms with Gasteiger partial charge in [-0.25, -0.2) is 0 Å². The van der Waals surface area contributed by atoms with E-state index in [2.05, 4.69) is 41.5 Å². The van der Waals surface area contributed by atoms with Crippen molar-refractivity contribution in [2.45, 2.75) is 119 Å². The summed E-state index contributed by atoms with van der Waals surface area (Å²) in [5.41, 5.74) is 1.92. The van der Waals surface area contributed by atoms with E-state index in [4.69, 9.17) is 0 Å². The Morgan fingerprint density at radius 3 is 1.11 bits per heavy atom. The number of carboxylic acid groups (broad SMARTS) is 1. The number of aliphatic carboxylic acids is 1. The fourth-order valence-corrected chi connectivity index (χ4v) is 4.94. The Labute approximate surface area is 225 Å². The van der Waals surface area contributed by atoms with Crippen molar-refractivity contribution in [3.8, 4) is 11.5 Å². The molecule has 0 aliphatic heterocycles. The molecule has 0 aliphatic rings. The molecule has 4 heteroatoms. The molecule has 0 atom stereocenters. The molecule has 0 saturated carbocycles. The standard InChI is InChI=1S/C33H50O4/c1-29(2,3)18-20-14-22(16-24(26(20)34)31(7,8)9)33(13,28(36)37)23-15-21(19-30(4,5)6)27(35)25(17-23)32(10,11)12/h14-17,34-35H,18-19H2,1-13H3,(H,36,37). The smallest absolute Gasteiger partial charge is 0.318 e. The molecule has 37 heavy (non-hydrogen) atoms. The van der Waals surface area contributed by atoms with Crippen LogP contribution in [-0.4, -0.2) is 21.3 Å². The summed E-state index contributed by atoms with van der Waals surface area (Å²) >= 11 is 0. The van der Waals surface area contributed by atoms with Crippen molar-refractivity contribution < 1.29 is 20.1 Å². The van der Waals surface area contributed by atoms with Crippen LogP contribution in [0.1, 0.15) is 123 Å². The highest BCUT2D eigenvalue weighted by atomic mass is 16.4. The first-order chi connectivity index (χ1) is 16.4. The van der Waals surface area contributed by atoms with Gasteiger partial charge in [-0.1, -0.05) is 107 Å². The van der Waals surface area contributed by atoms with Gasteiger partial charge in [-0.15, -0.1) is 0 Å². The summed E-state index contributed by atoms with van der Waals surface area (Å²) in [4.78, 5) is 13.2. The number of benzene rings is 2. The van der Waals surface area contributed by atoms with E-state index in [1.165, 1.54) is 0 Å². The summed E-state index contributed by atoms with van der Waals surface area (Å²) < 4.78 is 0. The lowest BCUT2D eigenvalue weighted by atomic mass is 9.70. The highest BCUT2D eigenvalue weighted by Crippen LogP contribution is 2.45. The van der Waals surface area contributed by atoms with Crippen molar-refractivity contribution >= 4 is 5.97 Å². The summed E-state index contributed by atoms with van der Waals surface area (Å²) in [6, 6.07) is 7.47. The van der Waals surface area contributed by atoms with Crippen LogP contribution in [-0.2, 0) is 33.9 Å². The highest BCUT2D eigenvalue weighted by molar-refractivity contribution is 5.86. The molecule has 206 valence electrons. The van der Waals surface area contributed by atoms with Crippen molar-refractivity contribution in [1.82, 2.24) is 0 Å². The highest BCUT2D eigenvalue weighted by Gasteiger charge is 2.41. The van der Waals surface area contributed by atoms with Crippen LogP contribution >= 0.6 is 0 Å². The zero-order valence-corrected chi connectivity index (χ0v) is 25.5. The second-order valence-electron chi connectivity index (χ2n) is 15.5. The van der Waals surface area contributed by atoms with Gasteiger partial charge < -0.3 is 15.3 Å². The van der Waals surface area contributed by atoms with E-state index in [0.29, 0.717) is 24.0 Å². The maximum Gasteiger partial charge on any atom is 0.318 e. The minimum Gasteiger partial charge on any atom is -0.507 e. The van der Waals surface area contributed by atoms with Crippen LogP contribution in [0.5, 0.6) is 11.5 Å². The number of hydrogen-bond donors (Lipinski definition) is 3.